The van der Waals surface area contributed by atoms with Gasteiger partial charge in [0.2, 0.25) is 5.91 Å². The number of nitrogens with zero attached hydrogens (tertiary/aromatic N) is 4. The summed E-state index contributed by atoms with van der Waals surface area (Å²) in [5.74, 6) is 1.32. The van der Waals surface area contributed by atoms with E-state index in [1.807, 2.05) is 6.07 Å². The maximum absolute atomic E-state index is 11.9. The number of anilines is 1. The van der Waals surface area contributed by atoms with Crippen LogP contribution in [0.3, 0.4) is 0 Å². The van der Waals surface area contributed by atoms with Crippen molar-refractivity contribution < 1.29 is 14.3 Å². The van der Waals surface area contributed by atoms with Crippen LogP contribution in [-0.2, 0) is 11.3 Å². The molecular formula is C18H15N5O3. The Labute approximate surface area is 149 Å². The number of ether oxygens (including phenoxy) is 2. The topological polar surface area (TPSA) is 102 Å². The Kier molecular flexibility index (Phi) is 5.10. The van der Waals surface area contributed by atoms with Crippen molar-refractivity contribution in [2.24, 2.45) is 0 Å². The van der Waals surface area contributed by atoms with Gasteiger partial charge in [0.25, 0.3) is 0 Å². The van der Waals surface area contributed by atoms with Crippen LogP contribution in [-0.4, -0.2) is 27.8 Å². The fourth-order valence-corrected chi connectivity index (χ4v) is 2.22. The second kappa shape index (κ2) is 7.81. The van der Waals surface area contributed by atoms with Gasteiger partial charge in [0, 0.05) is 11.8 Å². The van der Waals surface area contributed by atoms with Crippen molar-refractivity contribution >= 4 is 11.6 Å². The summed E-state index contributed by atoms with van der Waals surface area (Å²) in [5.41, 5.74) is 1.12. The molecular weight excluding hydrogens is 334 g/mol. The lowest BCUT2D eigenvalue weighted by Gasteiger charge is -2.11. The average molecular weight is 349 g/mol. The molecule has 8 heteroatoms. The zero-order chi connectivity index (χ0) is 18.4. The van der Waals surface area contributed by atoms with E-state index in [0.717, 1.165) is 0 Å². The minimum atomic E-state index is -0.210. The van der Waals surface area contributed by atoms with Crippen molar-refractivity contribution in [2.75, 3.05) is 12.4 Å². The Morgan fingerprint density at radius 3 is 2.69 bits per heavy atom. The Hall–Kier alpha value is -3.86. The molecule has 0 unspecified atom stereocenters. The van der Waals surface area contributed by atoms with E-state index in [4.69, 9.17) is 14.7 Å². The number of aromatic nitrogens is 3. The van der Waals surface area contributed by atoms with Crippen LogP contribution in [0.25, 0.3) is 0 Å². The van der Waals surface area contributed by atoms with Gasteiger partial charge in [-0.15, -0.1) is 0 Å². The van der Waals surface area contributed by atoms with Gasteiger partial charge in [0.1, 0.15) is 24.9 Å². The predicted molar refractivity (Wildman–Crippen MR) is 92.9 cm³/mol. The van der Waals surface area contributed by atoms with Gasteiger partial charge in [-0.3, -0.25) is 4.79 Å². The van der Waals surface area contributed by atoms with Gasteiger partial charge in [-0.05, 0) is 36.4 Å². The third-order valence-corrected chi connectivity index (χ3v) is 3.43. The highest BCUT2D eigenvalue weighted by Crippen LogP contribution is 2.32. The third-order valence-electron chi connectivity index (χ3n) is 3.43. The van der Waals surface area contributed by atoms with Gasteiger partial charge in [-0.25, -0.2) is 9.67 Å². The summed E-state index contributed by atoms with van der Waals surface area (Å²) < 4.78 is 12.4. The van der Waals surface area contributed by atoms with E-state index in [1.165, 1.54) is 24.4 Å². The Morgan fingerprint density at radius 2 is 2.04 bits per heavy atom. The van der Waals surface area contributed by atoms with Gasteiger partial charge in [0.15, 0.2) is 11.5 Å². The molecule has 0 bridgehead atoms. The van der Waals surface area contributed by atoms with Crippen molar-refractivity contribution in [3.8, 4) is 23.3 Å². The molecule has 3 aromatic rings. The van der Waals surface area contributed by atoms with Crippen LogP contribution in [0.15, 0.2) is 55.1 Å². The smallest absolute Gasteiger partial charge is 0.246 e. The maximum atomic E-state index is 11.9. The number of methoxy groups -OCH3 is 1. The molecule has 0 spiro atoms. The minimum absolute atomic E-state index is 0.0840. The molecule has 1 N–H and O–H groups in total. The molecule has 2 aromatic carbocycles. The molecule has 0 aliphatic heterocycles. The summed E-state index contributed by atoms with van der Waals surface area (Å²) in [4.78, 5) is 15.7. The third kappa shape index (κ3) is 4.15. The first kappa shape index (κ1) is 17.0. The van der Waals surface area contributed by atoms with E-state index in [2.05, 4.69) is 15.4 Å². The highest BCUT2D eigenvalue weighted by atomic mass is 16.5. The lowest BCUT2D eigenvalue weighted by molar-refractivity contribution is -0.116. The number of carbonyl (C=O) groups excluding carboxylic acids is 1. The van der Waals surface area contributed by atoms with Gasteiger partial charge in [-0.1, -0.05) is 0 Å². The normalized spacial score (nSPS) is 10.0. The molecule has 130 valence electrons. The molecule has 1 heterocycles. The zero-order valence-corrected chi connectivity index (χ0v) is 13.9. The lowest BCUT2D eigenvalue weighted by Crippen LogP contribution is -2.18. The fourth-order valence-electron chi connectivity index (χ4n) is 2.22. The quantitative estimate of drug-likeness (QED) is 0.734. The SMILES string of the molecule is COc1cc(C#N)ccc1Oc1ccc(NC(=O)Cn2cncn2)cc1. The second-order valence-electron chi connectivity index (χ2n) is 5.25. The van der Waals surface area contributed by atoms with Crippen LogP contribution in [0.4, 0.5) is 5.69 Å². The molecule has 0 radical (unpaired) electrons. The van der Waals surface area contributed by atoms with E-state index in [1.54, 1.807) is 42.5 Å². The lowest BCUT2D eigenvalue weighted by atomic mass is 10.2. The number of hydrogen-bond acceptors (Lipinski definition) is 6. The van der Waals surface area contributed by atoms with Crippen molar-refractivity contribution in [1.82, 2.24) is 14.8 Å². The van der Waals surface area contributed by atoms with E-state index >= 15 is 0 Å². The van der Waals surface area contributed by atoms with Crippen LogP contribution < -0.4 is 14.8 Å². The van der Waals surface area contributed by atoms with Crippen LogP contribution in [0.5, 0.6) is 17.2 Å². The average Bonchev–Trinajstić information content (AvgIpc) is 3.16. The molecule has 26 heavy (non-hydrogen) atoms. The van der Waals surface area contributed by atoms with Crippen molar-refractivity contribution in [3.05, 3.63) is 60.7 Å². The molecule has 8 nitrogen and oxygen atoms in total. The molecule has 3 rings (SSSR count). The van der Waals surface area contributed by atoms with Crippen molar-refractivity contribution in [3.63, 3.8) is 0 Å². The molecule has 1 amide bonds. The van der Waals surface area contributed by atoms with Crippen molar-refractivity contribution in [1.29, 1.82) is 5.26 Å². The summed E-state index contributed by atoms with van der Waals surface area (Å²) >= 11 is 0. The molecule has 0 fully saturated rings. The van der Waals surface area contributed by atoms with Gasteiger partial charge in [-0.2, -0.15) is 10.4 Å². The molecule has 0 atom stereocenters. The highest BCUT2D eigenvalue weighted by Gasteiger charge is 2.08. The largest absolute Gasteiger partial charge is 0.493 e. The van der Waals surface area contributed by atoms with Crippen LogP contribution in [0.2, 0.25) is 0 Å². The number of nitrogens with one attached hydrogen (secondary N) is 1. The zero-order valence-electron chi connectivity index (χ0n) is 13.9. The number of hydrogen-bond donors (Lipinski definition) is 1. The Bertz CT molecular complexity index is 930. The number of amides is 1. The standard InChI is InChI=1S/C18H15N5O3/c1-25-17-8-13(9-19)2-7-16(17)26-15-5-3-14(4-6-15)22-18(24)10-23-12-20-11-21-23/h2-8,11-12H,10H2,1H3,(H,22,24). The minimum Gasteiger partial charge on any atom is -0.493 e. The number of rotatable bonds is 6. The molecule has 0 aliphatic carbocycles. The van der Waals surface area contributed by atoms with E-state index in [-0.39, 0.29) is 12.5 Å². The monoisotopic (exact) mass is 349 g/mol. The van der Waals surface area contributed by atoms with Crippen LogP contribution in [0, 0.1) is 11.3 Å². The van der Waals surface area contributed by atoms with Gasteiger partial charge < -0.3 is 14.8 Å². The van der Waals surface area contributed by atoms with Crippen molar-refractivity contribution in [2.45, 2.75) is 6.54 Å². The first-order valence-corrected chi connectivity index (χ1v) is 7.66. The predicted octanol–water partition coefficient (Wildman–Crippen LogP) is 2.59. The first-order valence-electron chi connectivity index (χ1n) is 7.66. The molecule has 0 saturated carbocycles. The van der Waals surface area contributed by atoms with Crippen LogP contribution >= 0.6 is 0 Å². The van der Waals surface area contributed by atoms with E-state index in [0.29, 0.717) is 28.5 Å². The van der Waals surface area contributed by atoms with Crippen LogP contribution in [0.1, 0.15) is 5.56 Å². The van der Waals surface area contributed by atoms with E-state index < -0.39 is 0 Å². The number of nitriles is 1. The second-order valence-corrected chi connectivity index (χ2v) is 5.25. The number of benzene rings is 2. The first-order chi connectivity index (χ1) is 12.7. The summed E-state index contributed by atoms with van der Waals surface area (Å²) in [6.07, 6.45) is 2.85. The Morgan fingerprint density at radius 1 is 1.23 bits per heavy atom. The van der Waals surface area contributed by atoms with E-state index in [9.17, 15) is 4.79 Å². The highest BCUT2D eigenvalue weighted by molar-refractivity contribution is 5.90. The molecule has 1 aromatic heterocycles. The summed E-state index contributed by atoms with van der Waals surface area (Å²) in [6.45, 7) is 0.0840. The Balaban J connectivity index is 1.64. The maximum Gasteiger partial charge on any atom is 0.246 e. The molecule has 0 saturated heterocycles. The number of carbonyl (C=O) groups is 1. The fraction of sp³-hybridized carbons (Fsp3) is 0.111. The molecule has 0 aliphatic rings. The van der Waals surface area contributed by atoms with Gasteiger partial charge >= 0.3 is 0 Å². The van der Waals surface area contributed by atoms with Gasteiger partial charge in [0.05, 0.1) is 18.7 Å². The summed E-state index contributed by atoms with van der Waals surface area (Å²) in [5, 5.41) is 15.6. The summed E-state index contributed by atoms with van der Waals surface area (Å²) in [7, 11) is 1.51. The summed E-state index contributed by atoms with van der Waals surface area (Å²) in [6, 6.07) is 13.9.